The maximum absolute atomic E-state index is 9.84. The van der Waals surface area contributed by atoms with Crippen molar-refractivity contribution in [1.82, 2.24) is 20.2 Å². The van der Waals surface area contributed by atoms with Crippen LogP contribution in [0.4, 0.5) is 0 Å². The van der Waals surface area contributed by atoms with Crippen molar-refractivity contribution in [3.8, 4) is 11.5 Å². The van der Waals surface area contributed by atoms with Crippen LogP contribution in [0, 0.1) is 6.92 Å². The van der Waals surface area contributed by atoms with Crippen LogP contribution in [0.15, 0.2) is 12.3 Å². The van der Waals surface area contributed by atoms with Gasteiger partial charge in [-0.15, -0.1) is 0 Å². The SMILES string of the molecule is Cc1cc(-c2ncc(C(O)C(O)C(O)CO)[nH]2)n[nH]1. The predicted octanol–water partition coefficient (Wildman–Crippen LogP) is -1.14. The first-order chi connectivity index (χ1) is 9.02. The Morgan fingerprint density at radius 2 is 2.05 bits per heavy atom. The molecule has 3 unspecified atom stereocenters. The zero-order valence-corrected chi connectivity index (χ0v) is 10.3. The topological polar surface area (TPSA) is 138 Å². The van der Waals surface area contributed by atoms with Crippen LogP contribution in [-0.4, -0.2) is 59.4 Å². The number of aromatic amines is 2. The van der Waals surface area contributed by atoms with Crippen LogP contribution in [0.2, 0.25) is 0 Å². The lowest BCUT2D eigenvalue weighted by Gasteiger charge is -2.20. The van der Waals surface area contributed by atoms with E-state index < -0.39 is 24.9 Å². The van der Waals surface area contributed by atoms with Crippen LogP contribution >= 0.6 is 0 Å². The summed E-state index contributed by atoms with van der Waals surface area (Å²) in [7, 11) is 0. The molecule has 0 aromatic carbocycles. The maximum atomic E-state index is 9.84. The van der Waals surface area contributed by atoms with Crippen LogP contribution < -0.4 is 0 Å². The highest BCUT2D eigenvalue weighted by Gasteiger charge is 2.27. The zero-order chi connectivity index (χ0) is 14.0. The molecule has 104 valence electrons. The van der Waals surface area contributed by atoms with Crippen LogP contribution in [0.5, 0.6) is 0 Å². The predicted molar refractivity (Wildman–Crippen MR) is 65.0 cm³/mol. The zero-order valence-electron chi connectivity index (χ0n) is 10.3. The van der Waals surface area contributed by atoms with Crippen molar-refractivity contribution in [2.24, 2.45) is 0 Å². The van der Waals surface area contributed by atoms with Crippen molar-refractivity contribution in [2.75, 3.05) is 6.61 Å². The van der Waals surface area contributed by atoms with Crippen LogP contribution in [0.1, 0.15) is 17.5 Å². The molecule has 2 rings (SSSR count). The van der Waals surface area contributed by atoms with Crippen molar-refractivity contribution in [3.05, 3.63) is 23.7 Å². The molecule has 0 saturated heterocycles. The van der Waals surface area contributed by atoms with E-state index in [0.717, 1.165) is 5.69 Å². The highest BCUT2D eigenvalue weighted by molar-refractivity contribution is 5.49. The Labute approximate surface area is 108 Å². The van der Waals surface area contributed by atoms with Gasteiger partial charge in [0.1, 0.15) is 24.0 Å². The summed E-state index contributed by atoms with van der Waals surface area (Å²) in [5, 5.41) is 44.2. The molecule has 0 spiro atoms. The molecule has 0 aliphatic heterocycles. The number of aromatic nitrogens is 4. The molecule has 0 fully saturated rings. The van der Waals surface area contributed by atoms with Crippen molar-refractivity contribution < 1.29 is 20.4 Å². The number of hydrogen-bond donors (Lipinski definition) is 6. The van der Waals surface area contributed by atoms with Crippen molar-refractivity contribution in [2.45, 2.75) is 25.2 Å². The molecule has 0 aliphatic rings. The van der Waals surface area contributed by atoms with Gasteiger partial charge in [-0.2, -0.15) is 5.10 Å². The Bertz CT molecular complexity index is 538. The monoisotopic (exact) mass is 268 g/mol. The number of H-pyrrole nitrogens is 2. The molecule has 8 nitrogen and oxygen atoms in total. The van der Waals surface area contributed by atoms with Gasteiger partial charge in [-0.3, -0.25) is 5.10 Å². The molecule has 0 radical (unpaired) electrons. The lowest BCUT2D eigenvalue weighted by Crippen LogP contribution is -2.34. The van der Waals surface area contributed by atoms with Crippen molar-refractivity contribution in [3.63, 3.8) is 0 Å². The summed E-state index contributed by atoms with van der Waals surface area (Å²) in [5.74, 6) is 0.434. The summed E-state index contributed by atoms with van der Waals surface area (Å²) in [6, 6.07) is 1.77. The Balaban J connectivity index is 2.17. The van der Waals surface area contributed by atoms with Gasteiger partial charge in [-0.1, -0.05) is 0 Å². The first-order valence-electron chi connectivity index (χ1n) is 5.75. The molecule has 2 aromatic rings. The molecule has 2 aromatic heterocycles. The summed E-state index contributed by atoms with van der Waals surface area (Å²) >= 11 is 0. The average Bonchev–Trinajstić information content (AvgIpc) is 3.04. The third kappa shape index (κ3) is 2.82. The van der Waals surface area contributed by atoms with Crippen LogP contribution in [0.3, 0.4) is 0 Å². The van der Waals surface area contributed by atoms with Gasteiger partial charge in [0.15, 0.2) is 5.82 Å². The quantitative estimate of drug-likeness (QED) is 0.405. The third-order valence-electron chi connectivity index (χ3n) is 2.77. The minimum atomic E-state index is -1.50. The average molecular weight is 268 g/mol. The number of aliphatic hydroxyl groups is 4. The van der Waals surface area contributed by atoms with E-state index in [-0.39, 0.29) is 5.69 Å². The molecule has 19 heavy (non-hydrogen) atoms. The summed E-state index contributed by atoms with van der Waals surface area (Å²) in [6.07, 6.45) is -2.95. The normalized spacial score (nSPS) is 16.3. The number of hydrogen-bond acceptors (Lipinski definition) is 6. The Morgan fingerprint density at radius 3 is 2.63 bits per heavy atom. The smallest absolute Gasteiger partial charge is 0.158 e. The number of imidazole rings is 1. The molecule has 3 atom stereocenters. The maximum Gasteiger partial charge on any atom is 0.158 e. The molecular weight excluding hydrogens is 252 g/mol. The summed E-state index contributed by atoms with van der Waals surface area (Å²) in [5.41, 5.74) is 1.67. The highest BCUT2D eigenvalue weighted by atomic mass is 16.4. The number of aryl methyl sites for hydroxylation is 1. The molecular formula is C11H16N4O4. The fourth-order valence-electron chi connectivity index (χ4n) is 1.66. The second-order valence-corrected chi connectivity index (χ2v) is 4.31. The molecule has 0 bridgehead atoms. The van der Waals surface area contributed by atoms with Gasteiger partial charge in [0.25, 0.3) is 0 Å². The largest absolute Gasteiger partial charge is 0.394 e. The first kappa shape index (κ1) is 13.7. The van der Waals surface area contributed by atoms with Crippen molar-refractivity contribution >= 4 is 0 Å². The van der Waals surface area contributed by atoms with Gasteiger partial charge in [-0.05, 0) is 13.0 Å². The van der Waals surface area contributed by atoms with E-state index in [9.17, 15) is 15.3 Å². The second-order valence-electron chi connectivity index (χ2n) is 4.31. The molecule has 2 heterocycles. The Hall–Kier alpha value is -1.74. The lowest BCUT2D eigenvalue weighted by atomic mass is 10.1. The summed E-state index contributed by atoms with van der Waals surface area (Å²) < 4.78 is 0. The van der Waals surface area contributed by atoms with E-state index in [0.29, 0.717) is 11.5 Å². The van der Waals surface area contributed by atoms with Gasteiger partial charge in [0.2, 0.25) is 0 Å². The van der Waals surface area contributed by atoms with E-state index in [1.54, 1.807) is 6.07 Å². The minimum Gasteiger partial charge on any atom is -0.394 e. The number of rotatable bonds is 5. The Morgan fingerprint density at radius 1 is 1.32 bits per heavy atom. The van der Waals surface area contributed by atoms with E-state index in [1.165, 1.54) is 6.20 Å². The second kappa shape index (κ2) is 5.49. The lowest BCUT2D eigenvalue weighted by molar-refractivity contribution is -0.0788. The molecule has 8 heteroatoms. The molecule has 0 aliphatic carbocycles. The first-order valence-corrected chi connectivity index (χ1v) is 5.75. The van der Waals surface area contributed by atoms with Gasteiger partial charge < -0.3 is 25.4 Å². The molecule has 6 N–H and O–H groups in total. The van der Waals surface area contributed by atoms with Gasteiger partial charge in [0.05, 0.1) is 18.5 Å². The van der Waals surface area contributed by atoms with Crippen LogP contribution in [0.25, 0.3) is 11.5 Å². The number of nitrogens with one attached hydrogen (secondary N) is 2. The minimum absolute atomic E-state index is 0.232. The number of aliphatic hydroxyl groups excluding tert-OH is 4. The van der Waals surface area contributed by atoms with Crippen molar-refractivity contribution in [1.29, 1.82) is 0 Å². The van der Waals surface area contributed by atoms with Gasteiger partial charge >= 0.3 is 0 Å². The Kier molecular flexibility index (Phi) is 3.96. The van der Waals surface area contributed by atoms with Gasteiger partial charge in [0, 0.05) is 5.69 Å². The fraction of sp³-hybridized carbons (Fsp3) is 0.455. The standard InChI is InChI=1S/C11H16N4O4/c1-5-2-6(15-14-5)11-12-3-7(13-11)9(18)10(19)8(17)4-16/h2-3,8-10,16-19H,4H2,1H3,(H,12,13)(H,14,15). The van der Waals surface area contributed by atoms with E-state index in [2.05, 4.69) is 20.2 Å². The summed E-state index contributed by atoms with van der Waals surface area (Å²) in [6.45, 7) is 1.20. The van der Waals surface area contributed by atoms with E-state index in [1.807, 2.05) is 6.92 Å². The number of nitrogens with zero attached hydrogens (tertiary/aromatic N) is 2. The van der Waals surface area contributed by atoms with E-state index in [4.69, 9.17) is 5.11 Å². The third-order valence-corrected chi connectivity index (χ3v) is 2.77. The summed E-state index contributed by atoms with van der Waals surface area (Å²) in [4.78, 5) is 6.84. The fourth-order valence-corrected chi connectivity index (χ4v) is 1.66. The van der Waals surface area contributed by atoms with Gasteiger partial charge in [-0.25, -0.2) is 4.98 Å². The molecule has 0 amide bonds. The highest BCUT2D eigenvalue weighted by Crippen LogP contribution is 2.21. The van der Waals surface area contributed by atoms with Crippen LogP contribution in [-0.2, 0) is 0 Å². The molecule has 0 saturated carbocycles. The van der Waals surface area contributed by atoms with E-state index >= 15 is 0 Å².